The van der Waals surface area contributed by atoms with Gasteiger partial charge in [-0.1, -0.05) is 30.9 Å². The molecule has 0 atom stereocenters. The Kier molecular flexibility index (Phi) is 5.59. The Hall–Kier alpha value is -3.21. The highest BCUT2D eigenvalue weighted by molar-refractivity contribution is 6.05. The number of carbonyl (C=O) groups is 1. The number of nitrogens with zero attached hydrogens (tertiary/aromatic N) is 1. The molecule has 0 fully saturated rings. The van der Waals surface area contributed by atoms with Gasteiger partial charge in [0.05, 0.1) is 19.3 Å². The maximum Gasteiger partial charge on any atom is 0.251 e. The molecule has 2 aromatic rings. The molecule has 0 radical (unpaired) electrons. The van der Waals surface area contributed by atoms with Gasteiger partial charge >= 0.3 is 0 Å². The average molecular weight is 351 g/mol. The van der Waals surface area contributed by atoms with Crippen LogP contribution in [0.25, 0.3) is 6.08 Å². The molecule has 1 aliphatic rings. The number of anilines is 1. The largest absolute Gasteiger partial charge is 0.493 e. The molecule has 1 aliphatic heterocycles. The summed E-state index contributed by atoms with van der Waals surface area (Å²) in [5, 5.41) is 0. The topological polar surface area (TPSA) is 48.0 Å². The Balaban J connectivity index is 1.76. The lowest BCUT2D eigenvalue weighted by Gasteiger charge is -2.28. The van der Waals surface area contributed by atoms with Crippen LogP contribution in [-0.2, 0) is 4.79 Å². The van der Waals surface area contributed by atoms with Gasteiger partial charge in [0.2, 0.25) is 0 Å². The molecule has 1 amide bonds. The fourth-order valence-electron chi connectivity index (χ4n) is 2.71. The average Bonchev–Trinajstić information content (AvgIpc) is 2.70. The van der Waals surface area contributed by atoms with E-state index in [2.05, 4.69) is 6.58 Å². The van der Waals surface area contributed by atoms with Crippen LogP contribution in [0.4, 0.5) is 5.69 Å². The zero-order valence-corrected chi connectivity index (χ0v) is 14.7. The number of rotatable bonds is 6. The van der Waals surface area contributed by atoms with Gasteiger partial charge in [0.25, 0.3) is 5.91 Å². The summed E-state index contributed by atoms with van der Waals surface area (Å²) in [6.45, 7) is 5.04. The summed E-state index contributed by atoms with van der Waals surface area (Å²) < 4.78 is 16.5. The fourth-order valence-corrected chi connectivity index (χ4v) is 2.71. The number of benzene rings is 2. The maximum atomic E-state index is 12.6. The predicted octanol–water partition coefficient (Wildman–Crippen LogP) is 3.70. The summed E-state index contributed by atoms with van der Waals surface area (Å²) in [7, 11) is 1.58. The Morgan fingerprint density at radius 3 is 2.92 bits per heavy atom. The van der Waals surface area contributed by atoms with Crippen molar-refractivity contribution < 1.29 is 19.0 Å². The van der Waals surface area contributed by atoms with E-state index in [1.54, 1.807) is 30.2 Å². The van der Waals surface area contributed by atoms with Gasteiger partial charge < -0.3 is 19.1 Å². The van der Waals surface area contributed by atoms with Crippen molar-refractivity contribution in [3.63, 3.8) is 0 Å². The van der Waals surface area contributed by atoms with Crippen LogP contribution in [0.15, 0.2) is 61.2 Å². The first-order chi connectivity index (χ1) is 12.7. The smallest absolute Gasteiger partial charge is 0.251 e. The number of amides is 1. The van der Waals surface area contributed by atoms with Crippen molar-refractivity contribution in [1.29, 1.82) is 0 Å². The number of hydrogen-bond donors (Lipinski definition) is 0. The second-order valence-corrected chi connectivity index (χ2v) is 5.65. The SMILES string of the molecule is C=CCOc1ccc(/C=C/C(=O)N2CCOc3ccccc32)cc1OC. The number of methoxy groups -OCH3 is 1. The molecule has 26 heavy (non-hydrogen) atoms. The molecule has 0 aromatic heterocycles. The lowest BCUT2D eigenvalue weighted by molar-refractivity contribution is -0.114. The van der Waals surface area contributed by atoms with E-state index in [4.69, 9.17) is 14.2 Å². The van der Waals surface area contributed by atoms with E-state index in [1.165, 1.54) is 0 Å². The molecule has 0 aliphatic carbocycles. The van der Waals surface area contributed by atoms with Crippen molar-refractivity contribution in [1.82, 2.24) is 0 Å². The second kappa shape index (κ2) is 8.25. The van der Waals surface area contributed by atoms with Crippen molar-refractivity contribution in [2.24, 2.45) is 0 Å². The lowest BCUT2D eigenvalue weighted by Crippen LogP contribution is -2.36. The van der Waals surface area contributed by atoms with E-state index < -0.39 is 0 Å². The van der Waals surface area contributed by atoms with E-state index >= 15 is 0 Å². The molecular weight excluding hydrogens is 330 g/mol. The summed E-state index contributed by atoms with van der Waals surface area (Å²) in [6.07, 6.45) is 4.99. The zero-order chi connectivity index (χ0) is 18.4. The van der Waals surface area contributed by atoms with Gasteiger partial charge in [-0.25, -0.2) is 0 Å². The van der Waals surface area contributed by atoms with E-state index in [-0.39, 0.29) is 5.91 Å². The van der Waals surface area contributed by atoms with Gasteiger partial charge in [-0.2, -0.15) is 0 Å². The van der Waals surface area contributed by atoms with Crippen LogP contribution in [0, 0.1) is 0 Å². The molecular formula is C21H21NO4. The van der Waals surface area contributed by atoms with E-state index in [9.17, 15) is 4.79 Å². The van der Waals surface area contributed by atoms with Crippen LogP contribution in [-0.4, -0.2) is 32.8 Å². The highest BCUT2D eigenvalue weighted by atomic mass is 16.5. The molecule has 0 bridgehead atoms. The summed E-state index contributed by atoms with van der Waals surface area (Å²) >= 11 is 0. The minimum atomic E-state index is -0.0910. The Labute approximate surface area is 153 Å². The number of fused-ring (bicyclic) bond motifs is 1. The number of ether oxygens (including phenoxy) is 3. The van der Waals surface area contributed by atoms with Gasteiger partial charge in [-0.3, -0.25) is 4.79 Å². The third-order valence-electron chi connectivity index (χ3n) is 3.96. The van der Waals surface area contributed by atoms with Crippen LogP contribution < -0.4 is 19.1 Å². The Morgan fingerprint density at radius 1 is 1.27 bits per heavy atom. The van der Waals surface area contributed by atoms with Gasteiger partial charge in [0, 0.05) is 6.08 Å². The van der Waals surface area contributed by atoms with Crippen LogP contribution >= 0.6 is 0 Å². The Morgan fingerprint density at radius 2 is 2.12 bits per heavy atom. The zero-order valence-electron chi connectivity index (χ0n) is 14.7. The summed E-state index contributed by atoms with van der Waals surface area (Å²) in [6, 6.07) is 13.1. The fraction of sp³-hybridized carbons (Fsp3) is 0.190. The first-order valence-corrected chi connectivity index (χ1v) is 8.36. The third-order valence-corrected chi connectivity index (χ3v) is 3.96. The van der Waals surface area contributed by atoms with Crippen molar-refractivity contribution in [3.05, 3.63) is 66.8 Å². The predicted molar refractivity (Wildman–Crippen MR) is 102 cm³/mol. The minimum Gasteiger partial charge on any atom is -0.493 e. The first kappa shape index (κ1) is 17.6. The maximum absolute atomic E-state index is 12.6. The van der Waals surface area contributed by atoms with Crippen LogP contribution in [0.3, 0.4) is 0 Å². The number of carbonyl (C=O) groups excluding carboxylic acids is 1. The van der Waals surface area contributed by atoms with Crippen molar-refractivity contribution >= 4 is 17.7 Å². The van der Waals surface area contributed by atoms with E-state index in [0.717, 1.165) is 17.0 Å². The molecule has 0 saturated heterocycles. The quantitative estimate of drug-likeness (QED) is 0.588. The van der Waals surface area contributed by atoms with Gasteiger partial charge in [-0.05, 0) is 35.9 Å². The molecule has 0 saturated carbocycles. The van der Waals surface area contributed by atoms with E-state index in [1.807, 2.05) is 42.5 Å². The molecule has 5 heteroatoms. The van der Waals surface area contributed by atoms with Crippen molar-refractivity contribution in [2.45, 2.75) is 0 Å². The normalized spacial score (nSPS) is 13.0. The molecule has 0 spiro atoms. The molecule has 3 rings (SSSR count). The molecule has 0 N–H and O–H groups in total. The number of para-hydroxylation sites is 2. The molecule has 134 valence electrons. The monoisotopic (exact) mass is 351 g/mol. The van der Waals surface area contributed by atoms with Gasteiger partial charge in [0.1, 0.15) is 19.0 Å². The summed E-state index contributed by atoms with van der Waals surface area (Å²) in [4.78, 5) is 14.3. The van der Waals surface area contributed by atoms with Crippen LogP contribution in [0.5, 0.6) is 17.2 Å². The Bertz CT molecular complexity index is 829. The molecule has 0 unspecified atom stereocenters. The summed E-state index contributed by atoms with van der Waals surface area (Å²) in [5.41, 5.74) is 1.64. The number of hydrogen-bond acceptors (Lipinski definition) is 4. The summed E-state index contributed by atoms with van der Waals surface area (Å²) in [5.74, 6) is 1.88. The van der Waals surface area contributed by atoms with E-state index in [0.29, 0.717) is 31.3 Å². The van der Waals surface area contributed by atoms with Crippen molar-refractivity contribution in [2.75, 3.05) is 31.8 Å². The third kappa shape index (κ3) is 3.88. The molecule has 5 nitrogen and oxygen atoms in total. The minimum absolute atomic E-state index is 0.0910. The van der Waals surface area contributed by atoms with Gasteiger partial charge in [-0.15, -0.1) is 0 Å². The lowest BCUT2D eigenvalue weighted by atomic mass is 10.1. The van der Waals surface area contributed by atoms with Crippen LogP contribution in [0.1, 0.15) is 5.56 Å². The standard InChI is InChI=1S/C21H21NO4/c1-3-13-25-19-10-8-16(15-20(19)24-2)9-11-21(23)22-12-14-26-18-7-5-4-6-17(18)22/h3-11,15H,1,12-14H2,2H3/b11-9+. The highest BCUT2D eigenvalue weighted by Crippen LogP contribution is 2.31. The molecule has 1 heterocycles. The van der Waals surface area contributed by atoms with Gasteiger partial charge in [0.15, 0.2) is 11.5 Å². The van der Waals surface area contributed by atoms with Crippen LogP contribution in [0.2, 0.25) is 0 Å². The second-order valence-electron chi connectivity index (χ2n) is 5.65. The molecule has 2 aromatic carbocycles. The first-order valence-electron chi connectivity index (χ1n) is 8.36. The van der Waals surface area contributed by atoms with Crippen molar-refractivity contribution in [3.8, 4) is 17.2 Å². The highest BCUT2D eigenvalue weighted by Gasteiger charge is 2.21.